The molecule has 0 amide bonds. The van der Waals surface area contributed by atoms with Gasteiger partial charge in [0, 0.05) is 11.8 Å². The predicted octanol–water partition coefficient (Wildman–Crippen LogP) is 2.15. The van der Waals surface area contributed by atoms with Crippen molar-refractivity contribution in [2.75, 3.05) is 5.73 Å². The van der Waals surface area contributed by atoms with Gasteiger partial charge in [-0.05, 0) is 25.3 Å². The van der Waals surface area contributed by atoms with E-state index in [1.807, 2.05) is 6.07 Å². The summed E-state index contributed by atoms with van der Waals surface area (Å²) in [5.41, 5.74) is 9.22. The summed E-state index contributed by atoms with van der Waals surface area (Å²) in [5, 5.41) is 0. The summed E-state index contributed by atoms with van der Waals surface area (Å²) in [4.78, 5) is 8.06. The van der Waals surface area contributed by atoms with Crippen LogP contribution in [0.1, 0.15) is 16.8 Å². The fraction of sp³-hybridized carbons (Fsp3) is 0.231. The summed E-state index contributed by atoms with van der Waals surface area (Å²) in [6.45, 7) is 2.10. The zero-order valence-electron chi connectivity index (χ0n) is 9.35. The average Bonchev–Trinajstić information content (AvgIpc) is 2.27. The molecule has 2 N–H and O–H groups in total. The number of nitrogens with zero attached hydrogens (tertiary/aromatic N) is 2. The number of benzene rings is 1. The lowest BCUT2D eigenvalue weighted by molar-refractivity contribution is 0.901. The lowest BCUT2D eigenvalue weighted by Crippen LogP contribution is -1.98. The van der Waals surface area contributed by atoms with Crippen LogP contribution in [0.15, 0.2) is 36.7 Å². The smallest absolute Gasteiger partial charge is 0.126 e. The van der Waals surface area contributed by atoms with Crippen molar-refractivity contribution >= 4 is 5.82 Å². The molecule has 0 spiro atoms. The molecule has 0 bridgehead atoms. The number of nitrogen functional groups attached to an aromatic ring is 1. The maximum Gasteiger partial charge on any atom is 0.126 e. The molecular weight excluding hydrogens is 198 g/mol. The molecule has 0 unspecified atom stereocenters. The summed E-state index contributed by atoms with van der Waals surface area (Å²) in [6.07, 6.45) is 3.40. The molecule has 0 fully saturated rings. The minimum atomic E-state index is 0.536. The molecule has 16 heavy (non-hydrogen) atoms. The van der Waals surface area contributed by atoms with Gasteiger partial charge in [-0.3, -0.25) is 0 Å². The van der Waals surface area contributed by atoms with Crippen molar-refractivity contribution in [3.8, 4) is 0 Å². The summed E-state index contributed by atoms with van der Waals surface area (Å²) < 4.78 is 0. The Labute approximate surface area is 95.4 Å². The second-order valence-corrected chi connectivity index (χ2v) is 3.92. The topological polar surface area (TPSA) is 51.8 Å². The molecule has 0 radical (unpaired) electrons. The van der Waals surface area contributed by atoms with Gasteiger partial charge in [0.15, 0.2) is 0 Å². The van der Waals surface area contributed by atoms with Gasteiger partial charge in [-0.15, -0.1) is 0 Å². The highest BCUT2D eigenvalue weighted by molar-refractivity contribution is 5.29. The molecule has 1 aromatic heterocycles. The molecule has 0 atom stereocenters. The van der Waals surface area contributed by atoms with Gasteiger partial charge in [-0.25, -0.2) is 9.97 Å². The molecular formula is C13H15N3. The second-order valence-electron chi connectivity index (χ2n) is 3.92. The van der Waals surface area contributed by atoms with E-state index in [2.05, 4.69) is 41.2 Å². The van der Waals surface area contributed by atoms with Gasteiger partial charge in [-0.1, -0.05) is 29.8 Å². The number of aryl methyl sites for hydroxylation is 3. The van der Waals surface area contributed by atoms with Crippen molar-refractivity contribution in [2.24, 2.45) is 0 Å². The molecule has 0 saturated heterocycles. The first-order chi connectivity index (χ1) is 7.74. The van der Waals surface area contributed by atoms with E-state index in [4.69, 9.17) is 5.73 Å². The van der Waals surface area contributed by atoms with Gasteiger partial charge >= 0.3 is 0 Å². The first-order valence-electron chi connectivity index (χ1n) is 5.36. The number of nitrogens with two attached hydrogens (primary N) is 1. The van der Waals surface area contributed by atoms with Crippen LogP contribution in [0, 0.1) is 6.92 Å². The van der Waals surface area contributed by atoms with Crippen LogP contribution in [0.25, 0.3) is 0 Å². The third-order valence-corrected chi connectivity index (χ3v) is 2.50. The Hall–Kier alpha value is -1.90. The Balaban J connectivity index is 2.02. The van der Waals surface area contributed by atoms with E-state index in [1.54, 1.807) is 0 Å². The number of hydrogen-bond acceptors (Lipinski definition) is 3. The van der Waals surface area contributed by atoms with Crippen LogP contribution >= 0.6 is 0 Å². The number of hydrogen-bond donors (Lipinski definition) is 1. The molecule has 0 aliphatic rings. The van der Waals surface area contributed by atoms with Crippen LogP contribution < -0.4 is 5.73 Å². The van der Waals surface area contributed by atoms with Crippen LogP contribution in [0.4, 0.5) is 5.82 Å². The van der Waals surface area contributed by atoms with Crippen molar-refractivity contribution in [3.63, 3.8) is 0 Å². The zero-order valence-corrected chi connectivity index (χ0v) is 9.35. The maximum atomic E-state index is 5.60. The number of anilines is 1. The minimum Gasteiger partial charge on any atom is -0.384 e. The van der Waals surface area contributed by atoms with E-state index in [1.165, 1.54) is 17.5 Å². The second kappa shape index (κ2) is 4.75. The summed E-state index contributed by atoms with van der Waals surface area (Å²) in [7, 11) is 0. The van der Waals surface area contributed by atoms with Crippen LogP contribution in [-0.4, -0.2) is 9.97 Å². The quantitative estimate of drug-likeness (QED) is 0.850. The van der Waals surface area contributed by atoms with E-state index in [-0.39, 0.29) is 0 Å². The molecule has 3 nitrogen and oxygen atoms in total. The first kappa shape index (κ1) is 10.6. The van der Waals surface area contributed by atoms with Gasteiger partial charge in [0.2, 0.25) is 0 Å². The van der Waals surface area contributed by atoms with Gasteiger partial charge < -0.3 is 5.73 Å². The van der Waals surface area contributed by atoms with Crippen molar-refractivity contribution in [1.82, 2.24) is 9.97 Å². The standard InChI is InChI=1S/C13H15N3/c1-10-3-2-4-11(7-10)5-6-12-8-13(14)16-9-15-12/h2-4,7-9H,5-6H2,1H3,(H2,14,15,16). The van der Waals surface area contributed by atoms with Crippen molar-refractivity contribution < 1.29 is 0 Å². The van der Waals surface area contributed by atoms with Crippen molar-refractivity contribution in [2.45, 2.75) is 19.8 Å². The third-order valence-electron chi connectivity index (χ3n) is 2.50. The Morgan fingerprint density at radius 3 is 2.75 bits per heavy atom. The highest BCUT2D eigenvalue weighted by Gasteiger charge is 1.98. The monoisotopic (exact) mass is 213 g/mol. The normalized spacial score (nSPS) is 10.3. The highest BCUT2D eigenvalue weighted by atomic mass is 14.9. The lowest BCUT2D eigenvalue weighted by atomic mass is 10.1. The number of aromatic nitrogens is 2. The molecule has 2 aromatic rings. The molecule has 82 valence electrons. The Morgan fingerprint density at radius 2 is 2.00 bits per heavy atom. The molecule has 1 aromatic carbocycles. The van der Waals surface area contributed by atoms with Gasteiger partial charge in [0.05, 0.1) is 0 Å². The van der Waals surface area contributed by atoms with Crippen LogP contribution in [0.2, 0.25) is 0 Å². The predicted molar refractivity (Wildman–Crippen MR) is 65.0 cm³/mol. The van der Waals surface area contributed by atoms with E-state index >= 15 is 0 Å². The maximum absolute atomic E-state index is 5.60. The molecule has 2 rings (SSSR count). The molecule has 0 saturated carbocycles. The number of rotatable bonds is 3. The molecule has 1 heterocycles. The third kappa shape index (κ3) is 2.79. The lowest BCUT2D eigenvalue weighted by Gasteiger charge is -2.03. The molecule has 3 heteroatoms. The Kier molecular flexibility index (Phi) is 3.15. The van der Waals surface area contributed by atoms with Gasteiger partial charge in [-0.2, -0.15) is 0 Å². The van der Waals surface area contributed by atoms with Crippen molar-refractivity contribution in [1.29, 1.82) is 0 Å². The van der Waals surface area contributed by atoms with E-state index in [0.29, 0.717) is 5.82 Å². The first-order valence-corrected chi connectivity index (χ1v) is 5.36. The van der Waals surface area contributed by atoms with Gasteiger partial charge in [0.25, 0.3) is 0 Å². The fourth-order valence-corrected chi connectivity index (χ4v) is 1.69. The van der Waals surface area contributed by atoms with E-state index < -0.39 is 0 Å². The highest BCUT2D eigenvalue weighted by Crippen LogP contribution is 2.08. The average molecular weight is 213 g/mol. The molecule has 0 aliphatic carbocycles. The van der Waals surface area contributed by atoms with Gasteiger partial charge in [0.1, 0.15) is 12.1 Å². The van der Waals surface area contributed by atoms with Crippen LogP contribution in [-0.2, 0) is 12.8 Å². The largest absolute Gasteiger partial charge is 0.384 e. The van der Waals surface area contributed by atoms with E-state index in [9.17, 15) is 0 Å². The Bertz CT molecular complexity index is 435. The summed E-state index contributed by atoms with van der Waals surface area (Å²) in [5.74, 6) is 0.536. The molecule has 0 aliphatic heterocycles. The summed E-state index contributed by atoms with van der Waals surface area (Å²) in [6, 6.07) is 10.4. The van der Waals surface area contributed by atoms with Crippen molar-refractivity contribution in [3.05, 3.63) is 53.5 Å². The van der Waals surface area contributed by atoms with Crippen LogP contribution in [0.3, 0.4) is 0 Å². The van der Waals surface area contributed by atoms with Crippen LogP contribution in [0.5, 0.6) is 0 Å². The minimum absolute atomic E-state index is 0.536. The SMILES string of the molecule is Cc1cccc(CCc2cc(N)ncn2)c1. The zero-order chi connectivity index (χ0) is 11.4. The van der Waals surface area contributed by atoms with E-state index in [0.717, 1.165) is 18.5 Å². The fourth-order valence-electron chi connectivity index (χ4n) is 1.69. The Morgan fingerprint density at radius 1 is 1.12 bits per heavy atom. The summed E-state index contributed by atoms with van der Waals surface area (Å²) >= 11 is 0.